The van der Waals surface area contributed by atoms with Gasteiger partial charge in [-0.1, -0.05) is 12.1 Å². The second-order valence-electron chi connectivity index (χ2n) is 9.27. The van der Waals surface area contributed by atoms with Crippen LogP contribution in [0.25, 0.3) is 33.2 Å². The maximum atomic E-state index is 14.5. The molecule has 8 heteroatoms. The summed E-state index contributed by atoms with van der Waals surface area (Å²) in [7, 11) is 3.63. The molecule has 1 aliphatic heterocycles. The van der Waals surface area contributed by atoms with Crippen LogP contribution in [-0.4, -0.2) is 44.6 Å². The fourth-order valence-electron chi connectivity index (χ4n) is 5.71. The summed E-state index contributed by atoms with van der Waals surface area (Å²) in [5.41, 5.74) is 6.89. The third-order valence-electron chi connectivity index (χ3n) is 7.19. The standard InChI is InChI=1S/C27H28FN5O2/c1-16-24(32(2)31-16)19-14-22-23(30-15-19)21-7-10-29-27(34-3)26(21)33(22)25(17-8-11-35-12-9-17)18-5-4-6-20(28)13-18/h4-7,10,13-15,17,25,31H,8-9,11-12H2,1-3H3. The van der Waals surface area contributed by atoms with Gasteiger partial charge in [0.25, 0.3) is 0 Å². The van der Waals surface area contributed by atoms with Gasteiger partial charge in [0.05, 0.1) is 35.6 Å². The predicted molar refractivity (Wildman–Crippen MR) is 133 cm³/mol. The maximum absolute atomic E-state index is 14.5. The molecule has 0 saturated carbocycles. The number of methoxy groups -OCH3 is 1. The number of ether oxygens (including phenoxy) is 2. The Balaban J connectivity index is 1.69. The molecular formula is C27H28FN5O2. The summed E-state index contributed by atoms with van der Waals surface area (Å²) in [5.74, 6) is 0.549. The zero-order valence-electron chi connectivity index (χ0n) is 20.1. The van der Waals surface area contributed by atoms with Gasteiger partial charge in [-0.05, 0) is 55.5 Å². The van der Waals surface area contributed by atoms with E-state index in [0.29, 0.717) is 19.1 Å². The molecule has 1 unspecified atom stereocenters. The van der Waals surface area contributed by atoms with E-state index in [2.05, 4.69) is 27.6 Å². The molecule has 1 fully saturated rings. The van der Waals surface area contributed by atoms with Crippen molar-refractivity contribution in [3.63, 3.8) is 0 Å². The highest BCUT2D eigenvalue weighted by Crippen LogP contribution is 2.43. The van der Waals surface area contributed by atoms with E-state index in [1.165, 1.54) is 6.07 Å². The Bertz CT molecular complexity index is 1510. The summed E-state index contributed by atoms with van der Waals surface area (Å²) in [4.78, 5) is 9.46. The first-order chi connectivity index (χ1) is 17.1. The van der Waals surface area contributed by atoms with Crippen LogP contribution in [0.4, 0.5) is 4.39 Å². The number of benzene rings is 1. The van der Waals surface area contributed by atoms with Gasteiger partial charge in [-0.25, -0.2) is 9.37 Å². The number of aromatic amines is 1. The van der Waals surface area contributed by atoms with E-state index in [1.54, 1.807) is 25.4 Å². The highest BCUT2D eigenvalue weighted by molar-refractivity contribution is 6.08. The number of hydrogen-bond acceptors (Lipinski definition) is 4. The van der Waals surface area contributed by atoms with Gasteiger partial charge in [0.15, 0.2) is 0 Å². The summed E-state index contributed by atoms with van der Waals surface area (Å²) in [6.07, 6.45) is 5.44. The van der Waals surface area contributed by atoms with Crippen LogP contribution < -0.4 is 4.74 Å². The molecule has 5 aromatic rings. The Kier molecular flexibility index (Phi) is 5.33. The molecule has 1 N–H and O–H groups in total. The van der Waals surface area contributed by atoms with Crippen LogP contribution in [0.2, 0.25) is 0 Å². The van der Waals surface area contributed by atoms with Crippen molar-refractivity contribution in [3.8, 4) is 17.1 Å². The smallest absolute Gasteiger partial charge is 0.238 e. The normalized spacial score (nSPS) is 15.8. The second kappa shape index (κ2) is 8.53. The largest absolute Gasteiger partial charge is 0.479 e. The Morgan fingerprint density at radius 3 is 2.71 bits per heavy atom. The molecule has 1 atom stereocenters. The van der Waals surface area contributed by atoms with Gasteiger partial charge < -0.3 is 19.1 Å². The molecule has 0 amide bonds. The molecule has 7 nitrogen and oxygen atoms in total. The summed E-state index contributed by atoms with van der Waals surface area (Å²) < 4.78 is 30.2. The van der Waals surface area contributed by atoms with Crippen molar-refractivity contribution in [2.45, 2.75) is 25.8 Å². The first kappa shape index (κ1) is 21.9. The van der Waals surface area contributed by atoms with Gasteiger partial charge in [0, 0.05) is 43.6 Å². The molecule has 1 aliphatic rings. The van der Waals surface area contributed by atoms with Crippen LogP contribution in [0.5, 0.6) is 5.88 Å². The number of hydrogen-bond donors (Lipinski definition) is 1. The summed E-state index contributed by atoms with van der Waals surface area (Å²) in [5, 5.41) is 4.23. The van der Waals surface area contributed by atoms with Crippen molar-refractivity contribution in [1.29, 1.82) is 0 Å². The quantitative estimate of drug-likeness (QED) is 0.372. The van der Waals surface area contributed by atoms with Crippen LogP contribution in [-0.2, 0) is 11.8 Å². The van der Waals surface area contributed by atoms with Gasteiger partial charge >= 0.3 is 0 Å². The summed E-state index contributed by atoms with van der Waals surface area (Å²) in [6.45, 7) is 3.43. The van der Waals surface area contributed by atoms with Crippen molar-refractivity contribution < 1.29 is 13.9 Å². The monoisotopic (exact) mass is 473 g/mol. The second-order valence-corrected chi connectivity index (χ2v) is 9.27. The van der Waals surface area contributed by atoms with Crippen LogP contribution in [0.3, 0.4) is 0 Å². The van der Waals surface area contributed by atoms with Crippen LogP contribution in [0.1, 0.15) is 30.1 Å². The minimum absolute atomic E-state index is 0.128. The van der Waals surface area contributed by atoms with Gasteiger partial charge in [0.1, 0.15) is 11.3 Å². The lowest BCUT2D eigenvalue weighted by atomic mass is 9.86. The number of H-pyrrole nitrogens is 1. The van der Waals surface area contributed by atoms with Gasteiger partial charge in [-0.2, -0.15) is 0 Å². The van der Waals surface area contributed by atoms with Crippen LogP contribution in [0.15, 0.2) is 48.8 Å². The number of pyridine rings is 2. The number of nitrogens with one attached hydrogen (secondary N) is 1. The number of fused-ring (bicyclic) bond motifs is 3. The van der Waals surface area contributed by atoms with E-state index in [1.807, 2.05) is 30.1 Å². The molecule has 180 valence electrons. The average molecular weight is 474 g/mol. The Hall–Kier alpha value is -3.65. The molecule has 1 saturated heterocycles. The third-order valence-corrected chi connectivity index (χ3v) is 7.19. The molecule has 1 aromatic carbocycles. The Morgan fingerprint density at radius 1 is 1.17 bits per heavy atom. The lowest BCUT2D eigenvalue weighted by molar-refractivity contribution is 0.0552. The fourth-order valence-corrected chi connectivity index (χ4v) is 5.71. The van der Waals surface area contributed by atoms with Crippen LogP contribution >= 0.6 is 0 Å². The molecular weight excluding hydrogens is 445 g/mol. The van der Waals surface area contributed by atoms with E-state index in [9.17, 15) is 4.39 Å². The molecule has 0 radical (unpaired) electrons. The SMILES string of the molecule is COc1nccc2c3ncc(-c4c(C)[nH]n4C)cc3n(C(c3cccc(F)c3)C3CCOCC3)c12. The highest BCUT2D eigenvalue weighted by Gasteiger charge is 2.32. The van der Waals surface area contributed by atoms with E-state index in [4.69, 9.17) is 14.5 Å². The maximum Gasteiger partial charge on any atom is 0.238 e. The Morgan fingerprint density at radius 2 is 2.00 bits per heavy atom. The van der Waals surface area contributed by atoms with Gasteiger partial charge in [-0.15, -0.1) is 0 Å². The predicted octanol–water partition coefficient (Wildman–Crippen LogP) is 5.39. The summed E-state index contributed by atoms with van der Waals surface area (Å²) in [6, 6.07) is 11.0. The van der Waals surface area contributed by atoms with E-state index < -0.39 is 0 Å². The number of nitrogens with zero attached hydrogens (tertiary/aromatic N) is 4. The number of aromatic nitrogens is 5. The molecule has 6 rings (SSSR count). The van der Waals surface area contributed by atoms with Gasteiger partial charge in [-0.3, -0.25) is 9.67 Å². The minimum Gasteiger partial charge on any atom is -0.479 e. The molecule has 0 aliphatic carbocycles. The highest BCUT2D eigenvalue weighted by atomic mass is 19.1. The van der Waals surface area contributed by atoms with E-state index >= 15 is 0 Å². The average Bonchev–Trinajstić information content (AvgIpc) is 3.18. The lowest BCUT2D eigenvalue weighted by Crippen LogP contribution is -2.27. The molecule has 0 spiro atoms. The topological polar surface area (TPSA) is 69.9 Å². The molecule has 0 bridgehead atoms. The van der Waals surface area contributed by atoms with E-state index in [0.717, 1.165) is 57.3 Å². The third kappa shape index (κ3) is 3.51. The molecule has 5 heterocycles. The van der Waals surface area contributed by atoms with E-state index in [-0.39, 0.29) is 17.8 Å². The molecule has 4 aromatic heterocycles. The van der Waals surface area contributed by atoms with Crippen molar-refractivity contribution in [3.05, 3.63) is 65.9 Å². The van der Waals surface area contributed by atoms with Gasteiger partial charge in [0.2, 0.25) is 5.88 Å². The van der Waals surface area contributed by atoms with Crippen molar-refractivity contribution in [2.75, 3.05) is 20.3 Å². The zero-order valence-corrected chi connectivity index (χ0v) is 20.1. The first-order valence-electron chi connectivity index (χ1n) is 11.9. The molecule has 35 heavy (non-hydrogen) atoms. The minimum atomic E-state index is -0.243. The van der Waals surface area contributed by atoms with Crippen molar-refractivity contribution >= 4 is 21.9 Å². The zero-order chi connectivity index (χ0) is 24.1. The van der Waals surface area contributed by atoms with Crippen molar-refractivity contribution in [1.82, 2.24) is 24.3 Å². The lowest BCUT2D eigenvalue weighted by Gasteiger charge is -2.33. The summed E-state index contributed by atoms with van der Waals surface area (Å²) >= 11 is 0. The number of aryl methyl sites for hydroxylation is 2. The number of halogens is 1. The Labute approximate surface area is 202 Å². The fraction of sp³-hybridized carbons (Fsp3) is 0.333. The van der Waals surface area contributed by atoms with Crippen molar-refractivity contribution in [2.24, 2.45) is 13.0 Å². The number of rotatable bonds is 5. The van der Waals surface area contributed by atoms with Crippen LogP contribution in [0, 0.1) is 18.7 Å². The first-order valence-corrected chi connectivity index (χ1v) is 11.9.